The van der Waals surface area contributed by atoms with Crippen LogP contribution < -0.4 is 0 Å². The number of aliphatic hydroxyl groups excluding tert-OH is 2. The van der Waals surface area contributed by atoms with E-state index in [1.54, 1.807) is 13.8 Å². The fourth-order valence-electron chi connectivity index (χ4n) is 2.52. The molecule has 2 rings (SSSR count). The number of fused-ring (bicyclic) bond motifs is 1. The summed E-state index contributed by atoms with van der Waals surface area (Å²) in [6, 6.07) is 0. The van der Waals surface area contributed by atoms with E-state index in [1.165, 1.54) is 0 Å². The summed E-state index contributed by atoms with van der Waals surface area (Å²) in [5, 5.41) is 20.4. The standard InChI is InChI=1S/C15H30O6Si/c1-14(2,3)22(6,7)18-8-9(16)10-11-12(13(17)19-10)21-15(4,5)20-11/h9-13,16-17H,8H2,1-7H3/t9-,10-,11-,12-,13?/m1/s1. The SMILES string of the molecule is CC1(C)O[C@@H]2[C@@H]([C@H](O)CO[Si](C)(C)C(C)(C)C)OC(O)[C@@H]2O1. The van der Waals surface area contributed by atoms with E-state index in [9.17, 15) is 10.2 Å². The number of aliphatic hydroxyl groups is 2. The van der Waals surface area contributed by atoms with Gasteiger partial charge in [0, 0.05) is 0 Å². The molecule has 2 aliphatic heterocycles. The second-order valence-electron chi connectivity index (χ2n) is 8.19. The van der Waals surface area contributed by atoms with E-state index in [-0.39, 0.29) is 11.6 Å². The first kappa shape index (κ1) is 18.3. The van der Waals surface area contributed by atoms with E-state index in [4.69, 9.17) is 18.6 Å². The summed E-state index contributed by atoms with van der Waals surface area (Å²) in [7, 11) is -1.95. The molecule has 2 heterocycles. The Morgan fingerprint density at radius 1 is 1.18 bits per heavy atom. The molecule has 0 aromatic rings. The molecule has 2 fully saturated rings. The van der Waals surface area contributed by atoms with Crippen LogP contribution in [0.2, 0.25) is 18.1 Å². The van der Waals surface area contributed by atoms with Gasteiger partial charge in [-0.1, -0.05) is 20.8 Å². The molecule has 130 valence electrons. The minimum Gasteiger partial charge on any atom is -0.414 e. The zero-order chi connectivity index (χ0) is 16.9. The van der Waals surface area contributed by atoms with Crippen LogP contribution in [-0.4, -0.2) is 61.6 Å². The Kier molecular flexibility index (Phi) is 4.83. The molecule has 2 aliphatic rings. The van der Waals surface area contributed by atoms with E-state index in [2.05, 4.69) is 33.9 Å². The molecule has 2 N–H and O–H groups in total. The molecule has 0 saturated carbocycles. The average Bonchev–Trinajstić information content (AvgIpc) is 2.80. The Labute approximate surface area is 133 Å². The summed E-state index contributed by atoms with van der Waals surface area (Å²) >= 11 is 0. The molecule has 7 heteroatoms. The molecule has 0 aliphatic carbocycles. The number of rotatable bonds is 4. The van der Waals surface area contributed by atoms with Gasteiger partial charge in [0.05, 0.1) is 6.61 Å². The number of hydrogen-bond donors (Lipinski definition) is 2. The minimum atomic E-state index is -1.95. The van der Waals surface area contributed by atoms with E-state index < -0.39 is 44.8 Å². The third-order valence-electron chi connectivity index (χ3n) is 4.87. The molecule has 2 saturated heterocycles. The number of hydrogen-bond acceptors (Lipinski definition) is 6. The van der Waals surface area contributed by atoms with Gasteiger partial charge in [0.25, 0.3) is 0 Å². The van der Waals surface area contributed by atoms with E-state index in [1.807, 2.05) is 0 Å². The van der Waals surface area contributed by atoms with Gasteiger partial charge in [0.1, 0.15) is 24.4 Å². The fourth-order valence-corrected chi connectivity index (χ4v) is 3.54. The Hall–Kier alpha value is -0.0231. The molecule has 0 spiro atoms. The fraction of sp³-hybridized carbons (Fsp3) is 1.00. The van der Waals surface area contributed by atoms with E-state index >= 15 is 0 Å². The van der Waals surface area contributed by atoms with Gasteiger partial charge in [-0.15, -0.1) is 0 Å². The van der Waals surface area contributed by atoms with Crippen LogP contribution in [0.1, 0.15) is 34.6 Å². The van der Waals surface area contributed by atoms with Gasteiger partial charge in [-0.3, -0.25) is 0 Å². The predicted octanol–water partition coefficient (Wildman–Crippen LogP) is 1.61. The van der Waals surface area contributed by atoms with Crippen LogP contribution in [0.25, 0.3) is 0 Å². The van der Waals surface area contributed by atoms with Gasteiger partial charge in [-0.2, -0.15) is 0 Å². The highest BCUT2D eigenvalue weighted by molar-refractivity contribution is 6.74. The van der Waals surface area contributed by atoms with Crippen molar-refractivity contribution >= 4 is 8.32 Å². The molecule has 5 atom stereocenters. The summed E-state index contributed by atoms with van der Waals surface area (Å²) in [5.74, 6) is -0.779. The summed E-state index contributed by atoms with van der Waals surface area (Å²) in [4.78, 5) is 0. The van der Waals surface area contributed by atoms with Crippen LogP contribution in [-0.2, 0) is 18.6 Å². The molecule has 1 unspecified atom stereocenters. The first-order valence-electron chi connectivity index (χ1n) is 7.85. The molecule has 0 radical (unpaired) electrons. The maximum absolute atomic E-state index is 10.4. The summed E-state index contributed by atoms with van der Waals surface area (Å²) in [5.41, 5.74) is 0. The van der Waals surface area contributed by atoms with Gasteiger partial charge in [0.15, 0.2) is 20.4 Å². The lowest BCUT2D eigenvalue weighted by molar-refractivity contribution is -0.231. The molecule has 0 aromatic carbocycles. The second-order valence-corrected chi connectivity index (χ2v) is 13.0. The summed E-state index contributed by atoms with van der Waals surface area (Å²) in [6.07, 6.45) is -3.65. The zero-order valence-corrected chi connectivity index (χ0v) is 15.6. The summed E-state index contributed by atoms with van der Waals surface area (Å²) in [6.45, 7) is 14.4. The van der Waals surface area contributed by atoms with Gasteiger partial charge in [-0.25, -0.2) is 0 Å². The van der Waals surface area contributed by atoms with Gasteiger partial charge in [0.2, 0.25) is 0 Å². The topological polar surface area (TPSA) is 77.4 Å². The molecule has 22 heavy (non-hydrogen) atoms. The lowest BCUT2D eigenvalue weighted by atomic mass is 10.1. The lowest BCUT2D eigenvalue weighted by Crippen LogP contribution is -2.46. The largest absolute Gasteiger partial charge is 0.414 e. The Morgan fingerprint density at radius 2 is 1.73 bits per heavy atom. The van der Waals surface area contributed by atoms with Crippen LogP contribution in [0, 0.1) is 0 Å². The Bertz CT molecular complexity index is 405. The molecule has 0 amide bonds. The van der Waals surface area contributed by atoms with Crippen molar-refractivity contribution in [3.63, 3.8) is 0 Å². The monoisotopic (exact) mass is 334 g/mol. The second kappa shape index (κ2) is 5.80. The maximum atomic E-state index is 10.4. The smallest absolute Gasteiger partial charge is 0.192 e. The molecule has 0 aromatic heterocycles. The highest BCUT2D eigenvalue weighted by atomic mass is 28.4. The van der Waals surface area contributed by atoms with Crippen molar-refractivity contribution in [1.29, 1.82) is 0 Å². The predicted molar refractivity (Wildman–Crippen MR) is 83.9 cm³/mol. The molecular weight excluding hydrogens is 304 g/mol. The van der Waals surface area contributed by atoms with Crippen molar-refractivity contribution in [3.8, 4) is 0 Å². The average molecular weight is 334 g/mol. The number of ether oxygens (including phenoxy) is 3. The quantitative estimate of drug-likeness (QED) is 0.761. The Morgan fingerprint density at radius 3 is 2.27 bits per heavy atom. The van der Waals surface area contributed by atoms with Gasteiger partial charge >= 0.3 is 0 Å². The third-order valence-corrected chi connectivity index (χ3v) is 9.37. The molecule has 6 nitrogen and oxygen atoms in total. The van der Waals surface area contributed by atoms with Crippen LogP contribution in [0.15, 0.2) is 0 Å². The van der Waals surface area contributed by atoms with Crippen molar-refractivity contribution in [2.24, 2.45) is 0 Å². The normalized spacial score (nSPS) is 36.4. The highest BCUT2D eigenvalue weighted by Crippen LogP contribution is 2.40. The van der Waals surface area contributed by atoms with Crippen molar-refractivity contribution in [1.82, 2.24) is 0 Å². The van der Waals surface area contributed by atoms with Gasteiger partial charge < -0.3 is 28.8 Å². The molecular formula is C15H30O6Si. The van der Waals surface area contributed by atoms with Crippen LogP contribution in [0.5, 0.6) is 0 Å². The zero-order valence-electron chi connectivity index (χ0n) is 14.6. The van der Waals surface area contributed by atoms with Crippen LogP contribution in [0.3, 0.4) is 0 Å². The van der Waals surface area contributed by atoms with Crippen molar-refractivity contribution in [3.05, 3.63) is 0 Å². The van der Waals surface area contributed by atoms with Crippen molar-refractivity contribution in [2.45, 2.75) is 89.2 Å². The van der Waals surface area contributed by atoms with Crippen LogP contribution >= 0.6 is 0 Å². The minimum absolute atomic E-state index is 0.0697. The molecule has 0 bridgehead atoms. The Balaban J connectivity index is 1.97. The maximum Gasteiger partial charge on any atom is 0.192 e. The van der Waals surface area contributed by atoms with Crippen molar-refractivity contribution in [2.75, 3.05) is 6.61 Å². The van der Waals surface area contributed by atoms with E-state index in [0.29, 0.717) is 0 Å². The lowest BCUT2D eigenvalue weighted by Gasteiger charge is -2.37. The van der Waals surface area contributed by atoms with E-state index in [0.717, 1.165) is 0 Å². The first-order valence-corrected chi connectivity index (χ1v) is 10.8. The third kappa shape index (κ3) is 3.56. The van der Waals surface area contributed by atoms with Gasteiger partial charge in [-0.05, 0) is 32.0 Å². The summed E-state index contributed by atoms with van der Waals surface area (Å²) < 4.78 is 22.8. The van der Waals surface area contributed by atoms with Crippen LogP contribution in [0.4, 0.5) is 0 Å². The van der Waals surface area contributed by atoms with Crippen molar-refractivity contribution < 1.29 is 28.8 Å². The highest BCUT2D eigenvalue weighted by Gasteiger charge is 2.56. The first-order chi connectivity index (χ1) is 9.84.